The van der Waals surface area contributed by atoms with Gasteiger partial charge in [0.15, 0.2) is 0 Å². The van der Waals surface area contributed by atoms with E-state index < -0.39 is 22.8 Å². The number of nitrogens with one attached hydrogen (secondary N) is 1. The van der Waals surface area contributed by atoms with Crippen LogP contribution in [-0.4, -0.2) is 34.8 Å². The first-order chi connectivity index (χ1) is 17.7. The lowest BCUT2D eigenvalue weighted by atomic mass is 10.1. The average molecular weight is 570 g/mol. The number of aryl methyl sites for hydroxylation is 1. The van der Waals surface area contributed by atoms with Crippen LogP contribution in [0, 0.1) is 17.0 Å². The van der Waals surface area contributed by atoms with Crippen molar-refractivity contribution in [3.63, 3.8) is 0 Å². The summed E-state index contributed by atoms with van der Waals surface area (Å²) in [5, 5.41) is 14.2. The van der Waals surface area contributed by atoms with E-state index in [1.54, 1.807) is 6.07 Å². The molecule has 1 fully saturated rings. The molecule has 190 valence electrons. The summed E-state index contributed by atoms with van der Waals surface area (Å²) in [6, 6.07) is 12.4. The molecule has 2 aromatic carbocycles. The van der Waals surface area contributed by atoms with Crippen LogP contribution in [-0.2, 0) is 22.7 Å². The summed E-state index contributed by atoms with van der Waals surface area (Å²) in [6.07, 6.45) is 1.31. The molecule has 0 atom stereocenters. The number of nitrogens with zero attached hydrogens (tertiary/aromatic N) is 2. The first-order valence-electron chi connectivity index (χ1n) is 10.8. The number of carbonyl (C=O) groups excluding carboxylic acids is 3. The Morgan fingerprint density at radius 1 is 1.22 bits per heavy atom. The zero-order chi connectivity index (χ0) is 26.7. The molecule has 4 rings (SSSR count). The molecule has 2 heterocycles. The van der Waals surface area contributed by atoms with Crippen LogP contribution in [0.25, 0.3) is 6.08 Å². The van der Waals surface area contributed by atoms with Crippen molar-refractivity contribution in [1.29, 1.82) is 0 Å². The molecule has 1 aliphatic heterocycles. The van der Waals surface area contributed by atoms with Crippen LogP contribution in [0.3, 0.4) is 0 Å². The van der Waals surface area contributed by atoms with E-state index >= 15 is 0 Å². The molecular weight excluding hydrogens is 550 g/mol. The molecule has 0 bridgehead atoms. The maximum absolute atomic E-state index is 13.0. The topological polar surface area (TPSA) is 141 Å². The van der Waals surface area contributed by atoms with Gasteiger partial charge in [0.2, 0.25) is 11.5 Å². The lowest BCUT2D eigenvalue weighted by molar-refractivity contribution is -0.386. The van der Waals surface area contributed by atoms with E-state index in [4.69, 9.17) is 9.15 Å². The molecule has 1 N–H and O–H groups in total. The fourth-order valence-corrected chi connectivity index (χ4v) is 4.12. The average Bonchev–Trinajstić information content (AvgIpc) is 3.43. The predicted molar refractivity (Wildman–Crippen MR) is 133 cm³/mol. The van der Waals surface area contributed by atoms with Gasteiger partial charge in [0.1, 0.15) is 18.1 Å². The Balaban J connectivity index is 1.63. The van der Waals surface area contributed by atoms with Gasteiger partial charge in [-0.3, -0.25) is 19.8 Å². The highest BCUT2D eigenvalue weighted by Gasteiger charge is 2.35. The van der Waals surface area contributed by atoms with Gasteiger partial charge in [-0.1, -0.05) is 45.8 Å². The number of rotatable bonds is 8. The molecule has 0 spiro atoms. The Kier molecular flexibility index (Phi) is 7.39. The molecule has 37 heavy (non-hydrogen) atoms. The molecule has 0 unspecified atom stereocenters. The van der Waals surface area contributed by atoms with E-state index in [-0.39, 0.29) is 47.4 Å². The summed E-state index contributed by atoms with van der Waals surface area (Å²) in [5.74, 6) is -1.33. The highest BCUT2D eigenvalue weighted by molar-refractivity contribution is 9.10. The molecule has 0 radical (unpaired) electrons. The Bertz CT molecular complexity index is 1450. The van der Waals surface area contributed by atoms with Gasteiger partial charge < -0.3 is 19.2 Å². The fraction of sp³-hybridized carbons (Fsp3) is 0.160. The van der Waals surface area contributed by atoms with E-state index in [1.165, 1.54) is 31.4 Å². The number of methoxy groups -OCH3 is 1. The van der Waals surface area contributed by atoms with E-state index in [1.807, 2.05) is 31.2 Å². The van der Waals surface area contributed by atoms with Gasteiger partial charge in [0.25, 0.3) is 5.91 Å². The summed E-state index contributed by atoms with van der Waals surface area (Å²) in [5.41, 5.74) is 1.59. The Morgan fingerprint density at radius 3 is 2.70 bits per heavy atom. The van der Waals surface area contributed by atoms with Crippen LogP contribution in [0.15, 0.2) is 63.1 Å². The van der Waals surface area contributed by atoms with Crippen molar-refractivity contribution in [1.82, 2.24) is 10.2 Å². The molecule has 1 aliphatic rings. The summed E-state index contributed by atoms with van der Waals surface area (Å²) < 4.78 is 16.2. The van der Waals surface area contributed by atoms with Crippen molar-refractivity contribution in [2.75, 3.05) is 7.11 Å². The number of amides is 3. The summed E-state index contributed by atoms with van der Waals surface area (Å²) in [7, 11) is 1.20. The SMILES string of the molecule is COC(=O)c1ccc(CN2C(=O)N/C(=C\c3cc(Br)cc([N+](=O)[O-])c3OCc3cccc(C)c3)C2=O)o1. The van der Waals surface area contributed by atoms with Crippen LogP contribution < -0.4 is 10.1 Å². The lowest BCUT2D eigenvalue weighted by Gasteiger charge is -2.12. The quantitative estimate of drug-likeness (QED) is 0.135. The minimum atomic E-state index is -0.723. The van der Waals surface area contributed by atoms with Gasteiger partial charge in [-0.2, -0.15) is 0 Å². The number of carbonyl (C=O) groups is 3. The summed E-state index contributed by atoms with van der Waals surface area (Å²) in [6.45, 7) is 1.72. The molecule has 1 saturated heterocycles. The smallest absolute Gasteiger partial charge is 0.373 e. The van der Waals surface area contributed by atoms with Crippen molar-refractivity contribution < 1.29 is 33.2 Å². The van der Waals surface area contributed by atoms with E-state index in [0.29, 0.717) is 4.47 Å². The third-order valence-corrected chi connectivity index (χ3v) is 5.81. The molecular formula is C25H20BrN3O8. The summed E-state index contributed by atoms with van der Waals surface area (Å²) in [4.78, 5) is 49.2. The lowest BCUT2D eigenvalue weighted by Crippen LogP contribution is -2.30. The van der Waals surface area contributed by atoms with E-state index in [2.05, 4.69) is 26.0 Å². The van der Waals surface area contributed by atoms with Gasteiger partial charge in [-0.15, -0.1) is 0 Å². The van der Waals surface area contributed by atoms with E-state index in [9.17, 15) is 24.5 Å². The molecule has 12 heteroatoms. The minimum Gasteiger partial charge on any atom is -0.482 e. The third-order valence-electron chi connectivity index (χ3n) is 5.35. The van der Waals surface area contributed by atoms with Crippen LogP contribution in [0.1, 0.15) is 33.0 Å². The van der Waals surface area contributed by atoms with Crippen molar-refractivity contribution in [3.05, 3.63) is 97.0 Å². The van der Waals surface area contributed by atoms with Crippen LogP contribution >= 0.6 is 15.9 Å². The van der Waals surface area contributed by atoms with Crippen molar-refractivity contribution >= 4 is 45.6 Å². The summed E-state index contributed by atoms with van der Waals surface area (Å²) >= 11 is 3.25. The van der Waals surface area contributed by atoms with E-state index in [0.717, 1.165) is 16.0 Å². The van der Waals surface area contributed by atoms with Crippen LogP contribution in [0.4, 0.5) is 10.5 Å². The monoisotopic (exact) mass is 569 g/mol. The standard InChI is InChI=1S/C25H20BrN3O8/c1-14-4-3-5-15(8-14)13-36-22-16(9-17(26)11-20(22)29(33)34)10-19-23(30)28(25(32)27-19)12-18-6-7-21(37-18)24(31)35-2/h3-11H,12-13H2,1-2H3,(H,27,32)/b19-10-. The van der Waals surface area contributed by atoms with Crippen LogP contribution in [0.5, 0.6) is 5.75 Å². The van der Waals surface area contributed by atoms with Crippen molar-refractivity contribution in [2.45, 2.75) is 20.1 Å². The zero-order valence-corrected chi connectivity index (χ0v) is 21.2. The number of nitro benzene ring substituents is 1. The predicted octanol–water partition coefficient (Wildman–Crippen LogP) is 4.72. The molecule has 1 aromatic heterocycles. The molecule has 11 nitrogen and oxygen atoms in total. The highest BCUT2D eigenvalue weighted by Crippen LogP contribution is 2.37. The second-order valence-corrected chi connectivity index (χ2v) is 8.93. The largest absolute Gasteiger partial charge is 0.482 e. The second-order valence-electron chi connectivity index (χ2n) is 8.02. The van der Waals surface area contributed by atoms with Crippen molar-refractivity contribution in [3.8, 4) is 5.75 Å². The first-order valence-corrected chi connectivity index (χ1v) is 11.6. The number of urea groups is 1. The molecule has 0 saturated carbocycles. The number of halogens is 1. The maximum atomic E-state index is 13.0. The Morgan fingerprint density at radius 2 is 2.00 bits per heavy atom. The molecule has 3 aromatic rings. The Hall–Kier alpha value is -4.45. The van der Waals surface area contributed by atoms with Crippen LogP contribution in [0.2, 0.25) is 0 Å². The number of hydrogen-bond donors (Lipinski definition) is 1. The molecule has 3 amide bonds. The number of nitro groups is 1. The van der Waals surface area contributed by atoms with Gasteiger partial charge in [-0.05, 0) is 36.8 Å². The van der Waals surface area contributed by atoms with Gasteiger partial charge >= 0.3 is 17.7 Å². The van der Waals surface area contributed by atoms with Gasteiger partial charge in [0.05, 0.1) is 18.6 Å². The minimum absolute atomic E-state index is 0.0494. The number of benzene rings is 2. The second kappa shape index (κ2) is 10.7. The van der Waals surface area contributed by atoms with Gasteiger partial charge in [0, 0.05) is 16.1 Å². The third kappa shape index (κ3) is 5.70. The number of imide groups is 1. The highest BCUT2D eigenvalue weighted by atomic mass is 79.9. The number of furan rings is 1. The first kappa shape index (κ1) is 25.6. The normalized spacial score (nSPS) is 14.1. The number of ether oxygens (including phenoxy) is 2. The number of esters is 1. The maximum Gasteiger partial charge on any atom is 0.373 e. The Labute approximate surface area is 218 Å². The number of hydrogen-bond acceptors (Lipinski definition) is 8. The van der Waals surface area contributed by atoms with Gasteiger partial charge in [-0.25, -0.2) is 9.59 Å². The zero-order valence-electron chi connectivity index (χ0n) is 19.6. The van der Waals surface area contributed by atoms with Crippen molar-refractivity contribution in [2.24, 2.45) is 0 Å². The molecule has 0 aliphatic carbocycles. The fourth-order valence-electron chi connectivity index (χ4n) is 3.66.